The highest BCUT2D eigenvalue weighted by Gasteiger charge is 2.32. The summed E-state index contributed by atoms with van der Waals surface area (Å²) in [7, 11) is -2.41. The quantitative estimate of drug-likeness (QED) is 0.579. The Labute approximate surface area is 165 Å². The summed E-state index contributed by atoms with van der Waals surface area (Å²) in [5, 5.41) is 0. The lowest BCUT2D eigenvalue weighted by atomic mass is 10.1. The highest BCUT2D eigenvalue weighted by Crippen LogP contribution is 2.36. The van der Waals surface area contributed by atoms with E-state index in [0.717, 1.165) is 5.56 Å². The molecule has 0 unspecified atom stereocenters. The van der Waals surface area contributed by atoms with E-state index in [4.69, 9.17) is 4.74 Å². The number of hydrogen-bond acceptors (Lipinski definition) is 3. The number of sulfonamides is 1. The second-order valence-electron chi connectivity index (χ2n) is 6.51. The third-order valence-electron chi connectivity index (χ3n) is 4.58. The summed E-state index contributed by atoms with van der Waals surface area (Å²) in [6.45, 7) is 3.65. The average Bonchev–Trinajstić information content (AvgIpc) is 2.68. The van der Waals surface area contributed by atoms with Crippen molar-refractivity contribution in [1.29, 1.82) is 0 Å². The average molecular weight is 399 g/mol. The molecule has 0 bridgehead atoms. The SMILES string of the molecule is COc1ccccc1[C@@H](C)N(c1cccc(F)c1)S(=O)(=O)c1ccc(C)cc1. The molecule has 3 rings (SSSR count). The Hall–Kier alpha value is -2.86. The van der Waals surface area contributed by atoms with Gasteiger partial charge in [-0.3, -0.25) is 4.31 Å². The van der Waals surface area contributed by atoms with Crippen molar-refractivity contribution in [3.05, 3.63) is 89.7 Å². The number of rotatable bonds is 6. The van der Waals surface area contributed by atoms with Crippen molar-refractivity contribution < 1.29 is 17.5 Å². The summed E-state index contributed by atoms with van der Waals surface area (Å²) < 4.78 is 47.7. The lowest BCUT2D eigenvalue weighted by Crippen LogP contribution is -2.34. The van der Waals surface area contributed by atoms with Crippen LogP contribution in [0.4, 0.5) is 10.1 Å². The number of aryl methyl sites for hydroxylation is 1. The van der Waals surface area contributed by atoms with Crippen molar-refractivity contribution in [2.75, 3.05) is 11.4 Å². The molecule has 0 amide bonds. The number of ether oxygens (including phenoxy) is 1. The smallest absolute Gasteiger partial charge is 0.264 e. The van der Waals surface area contributed by atoms with Crippen LogP contribution in [0.5, 0.6) is 5.75 Å². The first-order valence-electron chi connectivity index (χ1n) is 8.84. The van der Waals surface area contributed by atoms with Crippen LogP contribution >= 0.6 is 0 Å². The van der Waals surface area contributed by atoms with Crippen LogP contribution in [0.1, 0.15) is 24.1 Å². The number of anilines is 1. The maximum atomic E-state index is 13.9. The number of halogens is 1. The zero-order chi connectivity index (χ0) is 20.3. The highest BCUT2D eigenvalue weighted by molar-refractivity contribution is 7.92. The molecule has 3 aromatic carbocycles. The fourth-order valence-corrected chi connectivity index (χ4v) is 4.77. The normalized spacial score (nSPS) is 12.4. The van der Waals surface area contributed by atoms with Crippen LogP contribution in [0, 0.1) is 12.7 Å². The topological polar surface area (TPSA) is 46.6 Å². The molecule has 0 aliphatic rings. The summed E-state index contributed by atoms with van der Waals surface area (Å²) >= 11 is 0. The van der Waals surface area contributed by atoms with Crippen LogP contribution < -0.4 is 9.04 Å². The van der Waals surface area contributed by atoms with E-state index in [2.05, 4.69) is 0 Å². The molecule has 6 heteroatoms. The first-order chi connectivity index (χ1) is 13.3. The maximum Gasteiger partial charge on any atom is 0.264 e. The fraction of sp³-hybridized carbons (Fsp3) is 0.182. The summed E-state index contributed by atoms with van der Waals surface area (Å²) in [6.07, 6.45) is 0. The van der Waals surface area contributed by atoms with Gasteiger partial charge in [0.05, 0.1) is 23.7 Å². The van der Waals surface area contributed by atoms with Crippen LogP contribution in [0.2, 0.25) is 0 Å². The molecule has 0 radical (unpaired) electrons. The predicted molar refractivity (Wildman–Crippen MR) is 109 cm³/mol. The van der Waals surface area contributed by atoms with Gasteiger partial charge in [0.25, 0.3) is 10.0 Å². The number of benzene rings is 3. The van der Waals surface area contributed by atoms with Crippen molar-refractivity contribution >= 4 is 15.7 Å². The van der Waals surface area contributed by atoms with E-state index in [1.165, 1.54) is 29.6 Å². The van der Waals surface area contributed by atoms with E-state index in [0.29, 0.717) is 11.3 Å². The zero-order valence-corrected chi connectivity index (χ0v) is 16.8. The van der Waals surface area contributed by atoms with E-state index in [1.807, 2.05) is 19.1 Å². The molecule has 0 saturated heterocycles. The Morgan fingerprint density at radius 1 is 0.964 bits per heavy atom. The summed E-state index contributed by atoms with van der Waals surface area (Å²) in [6, 6.07) is 18.8. The third-order valence-corrected chi connectivity index (χ3v) is 6.49. The minimum atomic E-state index is -3.95. The molecule has 0 aromatic heterocycles. The standard InChI is InChI=1S/C22H22FNO3S/c1-16-11-13-20(14-12-16)28(25,26)24(19-8-6-7-18(23)15-19)17(2)21-9-4-5-10-22(21)27-3/h4-15,17H,1-3H3/t17-/m1/s1. The van der Waals surface area contributed by atoms with Crippen molar-refractivity contribution in [1.82, 2.24) is 0 Å². The molecular weight excluding hydrogens is 377 g/mol. The van der Waals surface area contributed by atoms with Crippen LogP contribution in [0.3, 0.4) is 0 Å². The van der Waals surface area contributed by atoms with E-state index in [1.54, 1.807) is 49.4 Å². The summed E-state index contributed by atoms with van der Waals surface area (Å²) in [5.41, 5.74) is 1.89. The molecule has 1 atom stereocenters. The molecule has 0 fully saturated rings. The number of hydrogen-bond donors (Lipinski definition) is 0. The van der Waals surface area contributed by atoms with E-state index in [9.17, 15) is 12.8 Å². The molecular formula is C22H22FNO3S. The molecule has 0 aliphatic heterocycles. The van der Waals surface area contributed by atoms with Gasteiger partial charge < -0.3 is 4.74 Å². The predicted octanol–water partition coefficient (Wildman–Crippen LogP) is 5.10. The Balaban J connectivity index is 2.19. The Morgan fingerprint density at radius 3 is 2.29 bits per heavy atom. The zero-order valence-electron chi connectivity index (χ0n) is 16.0. The van der Waals surface area contributed by atoms with Crippen LogP contribution in [0.25, 0.3) is 0 Å². The van der Waals surface area contributed by atoms with Gasteiger partial charge in [0.15, 0.2) is 0 Å². The molecule has 3 aromatic rings. The van der Waals surface area contributed by atoms with E-state index < -0.39 is 21.9 Å². The van der Waals surface area contributed by atoms with Gasteiger partial charge in [-0.25, -0.2) is 12.8 Å². The second kappa shape index (κ2) is 8.02. The molecule has 28 heavy (non-hydrogen) atoms. The minimum Gasteiger partial charge on any atom is -0.496 e. The van der Waals surface area contributed by atoms with Crippen LogP contribution in [-0.2, 0) is 10.0 Å². The summed E-state index contributed by atoms with van der Waals surface area (Å²) in [5.74, 6) is 0.0596. The van der Waals surface area contributed by atoms with Gasteiger partial charge >= 0.3 is 0 Å². The van der Waals surface area contributed by atoms with Gasteiger partial charge in [-0.1, -0.05) is 42.0 Å². The maximum absolute atomic E-state index is 13.9. The molecule has 0 spiro atoms. The molecule has 0 heterocycles. The van der Waals surface area contributed by atoms with Crippen molar-refractivity contribution in [2.45, 2.75) is 24.8 Å². The van der Waals surface area contributed by atoms with Gasteiger partial charge in [0.2, 0.25) is 0 Å². The summed E-state index contributed by atoms with van der Waals surface area (Å²) in [4.78, 5) is 0.143. The third kappa shape index (κ3) is 3.87. The van der Waals surface area contributed by atoms with Crippen LogP contribution in [0.15, 0.2) is 77.7 Å². The molecule has 0 saturated carbocycles. The second-order valence-corrected chi connectivity index (χ2v) is 8.33. The van der Waals surface area contributed by atoms with Crippen molar-refractivity contribution in [3.63, 3.8) is 0 Å². The van der Waals surface area contributed by atoms with Crippen molar-refractivity contribution in [3.8, 4) is 5.75 Å². The lowest BCUT2D eigenvalue weighted by molar-refractivity contribution is 0.407. The van der Waals surface area contributed by atoms with Crippen LogP contribution in [-0.4, -0.2) is 15.5 Å². The van der Waals surface area contributed by atoms with Gasteiger partial charge in [0, 0.05) is 5.56 Å². The number of methoxy groups -OCH3 is 1. The first kappa shape index (κ1) is 19.9. The first-order valence-corrected chi connectivity index (χ1v) is 10.3. The molecule has 0 aliphatic carbocycles. The van der Waals surface area contributed by atoms with Gasteiger partial charge in [-0.15, -0.1) is 0 Å². The minimum absolute atomic E-state index is 0.143. The largest absolute Gasteiger partial charge is 0.496 e. The Bertz CT molecular complexity index is 1070. The van der Waals surface area contributed by atoms with Gasteiger partial charge in [0.1, 0.15) is 11.6 Å². The van der Waals surface area contributed by atoms with Gasteiger partial charge in [-0.05, 0) is 50.2 Å². The Morgan fingerprint density at radius 2 is 1.64 bits per heavy atom. The highest BCUT2D eigenvalue weighted by atomic mass is 32.2. The van der Waals surface area contributed by atoms with E-state index >= 15 is 0 Å². The van der Waals surface area contributed by atoms with E-state index in [-0.39, 0.29) is 10.6 Å². The number of para-hydroxylation sites is 1. The van der Waals surface area contributed by atoms with Crippen molar-refractivity contribution in [2.24, 2.45) is 0 Å². The monoisotopic (exact) mass is 399 g/mol. The van der Waals surface area contributed by atoms with Gasteiger partial charge in [-0.2, -0.15) is 0 Å². The molecule has 146 valence electrons. The molecule has 4 nitrogen and oxygen atoms in total. The lowest BCUT2D eigenvalue weighted by Gasteiger charge is -2.31. The Kier molecular flexibility index (Phi) is 5.70. The number of nitrogens with zero attached hydrogens (tertiary/aromatic N) is 1. The molecule has 0 N–H and O–H groups in total. The fourth-order valence-electron chi connectivity index (χ4n) is 3.15.